The van der Waals surface area contributed by atoms with Crippen molar-refractivity contribution in [2.75, 3.05) is 12.4 Å². The van der Waals surface area contributed by atoms with Crippen LogP contribution in [-0.2, 0) is 0 Å². The average Bonchev–Trinajstić information content (AvgIpc) is 2.32. The van der Waals surface area contributed by atoms with Gasteiger partial charge in [-0.2, -0.15) is 0 Å². The fraction of sp³-hybridized carbons (Fsp3) is 0.364. The molecule has 1 rings (SSSR count). The number of carbonyl (C=O) groups excluding carboxylic acids is 1. The van der Waals surface area contributed by atoms with Crippen molar-refractivity contribution in [3.8, 4) is 0 Å². The second-order valence-electron chi connectivity index (χ2n) is 3.67. The summed E-state index contributed by atoms with van der Waals surface area (Å²) in [6.45, 7) is 1.77. The van der Waals surface area contributed by atoms with Crippen LogP contribution in [0, 0.1) is 17.5 Å². The molecule has 1 aromatic carbocycles. The molecule has 0 aliphatic heterocycles. The molecular weight excluding hydrogens is 299 g/mol. The van der Waals surface area contributed by atoms with E-state index >= 15 is 0 Å². The molecule has 0 aromatic heterocycles. The van der Waals surface area contributed by atoms with Crippen molar-refractivity contribution in [1.82, 2.24) is 4.90 Å². The van der Waals surface area contributed by atoms with Gasteiger partial charge in [-0.3, -0.25) is 4.79 Å². The van der Waals surface area contributed by atoms with E-state index in [-0.39, 0.29) is 11.6 Å². The van der Waals surface area contributed by atoms with Crippen molar-refractivity contribution < 1.29 is 18.0 Å². The molecule has 1 aromatic rings. The van der Waals surface area contributed by atoms with Crippen molar-refractivity contribution in [3.63, 3.8) is 0 Å². The van der Waals surface area contributed by atoms with Crippen LogP contribution in [-0.4, -0.2) is 29.2 Å². The fourth-order valence-electron chi connectivity index (χ4n) is 1.19. The third-order valence-corrected chi connectivity index (χ3v) is 3.37. The van der Waals surface area contributed by atoms with Crippen LogP contribution in [0.2, 0.25) is 0 Å². The molecule has 17 heavy (non-hydrogen) atoms. The zero-order valence-corrected chi connectivity index (χ0v) is 10.9. The van der Waals surface area contributed by atoms with E-state index in [2.05, 4.69) is 15.9 Å². The molecule has 1 atom stereocenters. The Morgan fingerprint density at radius 1 is 1.35 bits per heavy atom. The predicted octanol–water partition coefficient (Wildman–Crippen LogP) is 2.96. The lowest BCUT2D eigenvalue weighted by Gasteiger charge is -2.23. The zero-order chi connectivity index (χ0) is 13.2. The van der Waals surface area contributed by atoms with Crippen LogP contribution < -0.4 is 0 Å². The number of hydrogen-bond acceptors (Lipinski definition) is 1. The standard InChI is InChI=1S/C11H11BrF3NO/c1-6(5-12)16(2)11(17)7-3-8(13)10(15)9(14)4-7/h3-4,6H,5H2,1-2H3. The topological polar surface area (TPSA) is 20.3 Å². The summed E-state index contributed by atoms with van der Waals surface area (Å²) in [5.41, 5.74) is -0.211. The lowest BCUT2D eigenvalue weighted by Crippen LogP contribution is -2.36. The van der Waals surface area contributed by atoms with Crippen LogP contribution in [0.5, 0.6) is 0 Å². The van der Waals surface area contributed by atoms with Gasteiger partial charge >= 0.3 is 0 Å². The van der Waals surface area contributed by atoms with Crippen molar-refractivity contribution in [1.29, 1.82) is 0 Å². The van der Waals surface area contributed by atoms with Crippen molar-refractivity contribution in [2.24, 2.45) is 0 Å². The van der Waals surface area contributed by atoms with Gasteiger partial charge in [-0.1, -0.05) is 15.9 Å². The van der Waals surface area contributed by atoms with E-state index in [0.29, 0.717) is 17.5 Å². The molecule has 94 valence electrons. The Hall–Kier alpha value is -1.04. The Balaban J connectivity index is 3.05. The Labute approximate surface area is 106 Å². The molecule has 0 bridgehead atoms. The Morgan fingerprint density at radius 2 is 1.82 bits per heavy atom. The van der Waals surface area contributed by atoms with Gasteiger partial charge in [-0.15, -0.1) is 0 Å². The van der Waals surface area contributed by atoms with Crippen LogP contribution in [0.25, 0.3) is 0 Å². The first kappa shape index (κ1) is 14.0. The number of alkyl halides is 1. The van der Waals surface area contributed by atoms with Gasteiger partial charge in [0.1, 0.15) is 0 Å². The minimum Gasteiger partial charge on any atom is -0.338 e. The first-order valence-electron chi connectivity index (χ1n) is 4.86. The zero-order valence-electron chi connectivity index (χ0n) is 9.31. The number of nitrogens with zero attached hydrogens (tertiary/aromatic N) is 1. The number of rotatable bonds is 3. The molecule has 6 heteroatoms. The average molecular weight is 310 g/mol. The molecule has 2 nitrogen and oxygen atoms in total. The largest absolute Gasteiger partial charge is 0.338 e. The molecule has 0 spiro atoms. The van der Waals surface area contributed by atoms with Crippen molar-refractivity contribution in [2.45, 2.75) is 13.0 Å². The normalized spacial score (nSPS) is 12.4. The maximum atomic E-state index is 13.0. The highest BCUT2D eigenvalue weighted by Crippen LogP contribution is 2.16. The third kappa shape index (κ3) is 3.00. The first-order chi connectivity index (χ1) is 7.88. The van der Waals surface area contributed by atoms with Crippen LogP contribution >= 0.6 is 15.9 Å². The molecule has 0 aliphatic rings. The number of halogens is 4. The summed E-state index contributed by atoms with van der Waals surface area (Å²) in [6, 6.07) is 1.25. The smallest absolute Gasteiger partial charge is 0.254 e. The van der Waals surface area contributed by atoms with Gasteiger partial charge in [0, 0.05) is 24.0 Å². The second kappa shape index (κ2) is 5.53. The molecule has 0 aliphatic carbocycles. The molecule has 0 heterocycles. The summed E-state index contributed by atoms with van der Waals surface area (Å²) in [7, 11) is 1.51. The Morgan fingerprint density at radius 3 is 2.24 bits per heavy atom. The summed E-state index contributed by atoms with van der Waals surface area (Å²) < 4.78 is 38.6. The van der Waals surface area contributed by atoms with Crippen molar-refractivity contribution in [3.05, 3.63) is 35.1 Å². The van der Waals surface area contributed by atoms with Gasteiger partial charge in [0.2, 0.25) is 0 Å². The van der Waals surface area contributed by atoms with E-state index < -0.39 is 23.4 Å². The molecule has 0 N–H and O–H groups in total. The summed E-state index contributed by atoms with van der Waals surface area (Å²) in [5, 5.41) is 0.529. The van der Waals surface area contributed by atoms with Gasteiger partial charge in [0.05, 0.1) is 0 Å². The maximum absolute atomic E-state index is 13.0. The minimum absolute atomic E-state index is 0.140. The lowest BCUT2D eigenvalue weighted by atomic mass is 10.1. The number of benzene rings is 1. The van der Waals surface area contributed by atoms with Gasteiger partial charge in [-0.25, -0.2) is 13.2 Å². The minimum atomic E-state index is -1.57. The van der Waals surface area contributed by atoms with Crippen LogP contribution in [0.15, 0.2) is 12.1 Å². The monoisotopic (exact) mass is 309 g/mol. The maximum Gasteiger partial charge on any atom is 0.254 e. The van der Waals surface area contributed by atoms with E-state index in [4.69, 9.17) is 0 Å². The van der Waals surface area contributed by atoms with E-state index in [1.807, 2.05) is 0 Å². The van der Waals surface area contributed by atoms with Gasteiger partial charge < -0.3 is 4.90 Å². The summed E-state index contributed by atoms with van der Waals surface area (Å²) in [5.74, 6) is -4.87. The summed E-state index contributed by atoms with van der Waals surface area (Å²) >= 11 is 3.19. The predicted molar refractivity (Wildman–Crippen MR) is 61.7 cm³/mol. The van der Waals surface area contributed by atoms with Gasteiger partial charge in [0.25, 0.3) is 5.91 Å². The highest BCUT2D eigenvalue weighted by Gasteiger charge is 2.20. The molecule has 0 radical (unpaired) electrons. The highest BCUT2D eigenvalue weighted by molar-refractivity contribution is 9.09. The van der Waals surface area contributed by atoms with Crippen LogP contribution in [0.3, 0.4) is 0 Å². The molecule has 0 fully saturated rings. The lowest BCUT2D eigenvalue weighted by molar-refractivity contribution is 0.0757. The Bertz CT molecular complexity index is 416. The summed E-state index contributed by atoms with van der Waals surface area (Å²) in [6.07, 6.45) is 0. The van der Waals surface area contributed by atoms with E-state index in [0.717, 1.165) is 0 Å². The molecular formula is C11H11BrF3NO. The van der Waals surface area contributed by atoms with E-state index in [1.165, 1.54) is 11.9 Å². The SMILES string of the molecule is CC(CBr)N(C)C(=O)c1cc(F)c(F)c(F)c1. The number of carbonyl (C=O) groups is 1. The highest BCUT2D eigenvalue weighted by atomic mass is 79.9. The van der Waals surface area contributed by atoms with Crippen LogP contribution in [0.1, 0.15) is 17.3 Å². The first-order valence-corrected chi connectivity index (χ1v) is 5.98. The van der Waals surface area contributed by atoms with Gasteiger partial charge in [-0.05, 0) is 19.1 Å². The third-order valence-electron chi connectivity index (χ3n) is 2.44. The molecule has 1 amide bonds. The fourth-order valence-corrected chi connectivity index (χ4v) is 1.62. The summed E-state index contributed by atoms with van der Waals surface area (Å²) in [4.78, 5) is 13.1. The van der Waals surface area contributed by atoms with Crippen LogP contribution in [0.4, 0.5) is 13.2 Å². The Kier molecular flexibility index (Phi) is 4.56. The number of hydrogen-bond donors (Lipinski definition) is 0. The molecule has 0 saturated heterocycles. The second-order valence-corrected chi connectivity index (χ2v) is 4.32. The van der Waals surface area contributed by atoms with Gasteiger partial charge in [0.15, 0.2) is 17.5 Å². The quantitative estimate of drug-likeness (QED) is 0.621. The molecule has 1 unspecified atom stereocenters. The van der Waals surface area contributed by atoms with E-state index in [1.54, 1.807) is 6.92 Å². The number of amides is 1. The van der Waals surface area contributed by atoms with E-state index in [9.17, 15) is 18.0 Å². The van der Waals surface area contributed by atoms with Crippen molar-refractivity contribution >= 4 is 21.8 Å². The molecule has 0 saturated carbocycles.